The quantitative estimate of drug-likeness (QED) is 0.0210. The molecule has 8 aliphatic rings. The Hall–Kier alpha value is -9.45. The monoisotopic (exact) mass is 2260 g/mol. The van der Waals surface area contributed by atoms with Crippen LogP contribution < -0.4 is 17.0 Å². The molecule has 0 bridgehead atoms. The number of fused-ring (bicyclic) bond motifs is 8. The number of terminal acetylenes is 3. The SMILES string of the molecule is C#CC1(O)CC(C)OC(C)C1.C#CC1(O)CC(C)OC(C)C1.CC1CC(=O)CC(C)O1.CC1CC(O)(C#Cc2ccc(-c3ccc(Cl)c4c(CS(C)(=O)=O)nn(C)c34)c([C@@H](CC(=O)Cn3nc(C(F)(F)F)c4c3C(F)(F)[C@@H]3C[C@H]43)Cc3cc(F)cc(F)c3)n2)CC(C)O1.Cn1nc(CS(C)(=O)=O)c2c(Cl)ccc(-c3ccc(Cl)nc3[C@@H](CC(=O)Cn3nc(C(F)(F)F)c4c3C(F)(F)[C@@H]3C[C@H]43)Cc3cc(F)cc(F)c3)c21.[Br-].[C-]#C.[Mg+2]. The van der Waals surface area contributed by atoms with Crippen LogP contribution in [0.15, 0.2) is 84.9 Å². The van der Waals surface area contributed by atoms with Gasteiger partial charge in [0.25, 0.3) is 11.8 Å². The summed E-state index contributed by atoms with van der Waals surface area (Å²) in [6.45, 7) is 13.3. The predicted molar refractivity (Wildman–Crippen MR) is 524 cm³/mol. The number of Topliss-reactive ketones (excluding diaryl/α,β-unsaturated/α-hetero) is 3. The number of alkyl halides is 10. The third kappa shape index (κ3) is 28.2. The fraction of sp³-hybridized carbons (Fsp3) is 0.490. The molecule has 0 amide bonds. The van der Waals surface area contributed by atoms with Gasteiger partial charge in [-0.1, -0.05) is 64.7 Å². The normalized spacial score (nSPS) is 25.1. The summed E-state index contributed by atoms with van der Waals surface area (Å²) in [4.78, 5) is 48.1. The van der Waals surface area contributed by atoms with E-state index in [2.05, 4.69) is 55.5 Å². The molecule has 8 unspecified atom stereocenters. The first-order chi connectivity index (χ1) is 68.4. The molecule has 45 heteroatoms. The number of carbonyl (C=O) groups is 3. The Labute approximate surface area is 893 Å². The van der Waals surface area contributed by atoms with Gasteiger partial charge >= 0.3 is 35.4 Å². The first kappa shape index (κ1) is 120. The van der Waals surface area contributed by atoms with Crippen molar-refractivity contribution < 1.29 is 144 Å². The summed E-state index contributed by atoms with van der Waals surface area (Å²) in [5.74, 6) is -9.51. The van der Waals surface area contributed by atoms with Crippen molar-refractivity contribution in [3.8, 4) is 65.2 Å². The molecule has 4 aromatic carbocycles. The number of aliphatic hydroxyl groups is 3. The van der Waals surface area contributed by atoms with Crippen LogP contribution in [0.5, 0.6) is 0 Å². The molecule has 14 atom stereocenters. The first-order valence-electron chi connectivity index (χ1n) is 46.9. The summed E-state index contributed by atoms with van der Waals surface area (Å²) < 4.78 is 279. The molecule has 24 nitrogen and oxygen atoms in total. The molecule has 2 saturated carbocycles. The Balaban J connectivity index is 0.000000215. The number of aromatic nitrogens is 10. The molecule has 6 fully saturated rings. The summed E-state index contributed by atoms with van der Waals surface area (Å²) in [6, 6.07) is 17.8. The van der Waals surface area contributed by atoms with Crippen molar-refractivity contribution in [3.05, 3.63) is 203 Å². The third-order valence-corrected chi connectivity index (χ3v) is 28.8. The minimum atomic E-state index is -5.07. The second-order valence-corrected chi connectivity index (χ2v) is 44.9. The molecule has 6 aromatic heterocycles. The van der Waals surface area contributed by atoms with Gasteiger partial charge in [-0.15, -0.1) is 12.8 Å². The van der Waals surface area contributed by atoms with Crippen molar-refractivity contribution in [2.45, 2.75) is 283 Å². The number of carbonyl (C=O) groups excluding carboxylic acids is 3. The van der Waals surface area contributed by atoms with Crippen LogP contribution in [-0.2, 0) is 129 Å². The molecule has 0 spiro atoms. The molecule has 149 heavy (non-hydrogen) atoms. The molecule has 4 aliphatic heterocycles. The molecular formula is C104H106BrCl3F14MgN10O14S2. The maximum atomic E-state index is 15.5. The average molecular weight is 2260 g/mol. The fourth-order valence-corrected chi connectivity index (χ4v) is 23.3. The van der Waals surface area contributed by atoms with Crippen LogP contribution in [0.4, 0.5) is 61.5 Å². The summed E-state index contributed by atoms with van der Waals surface area (Å²) >= 11 is 19.6. The van der Waals surface area contributed by atoms with Gasteiger partial charge in [0.15, 0.2) is 42.6 Å². The summed E-state index contributed by atoms with van der Waals surface area (Å²) in [7, 11) is -4.04. The zero-order chi connectivity index (χ0) is 108. The van der Waals surface area contributed by atoms with Gasteiger partial charge in [0.1, 0.15) is 81.2 Å². The molecule has 796 valence electrons. The van der Waals surface area contributed by atoms with E-state index in [9.17, 15) is 90.4 Å². The van der Waals surface area contributed by atoms with Crippen LogP contribution >= 0.6 is 34.8 Å². The molecular weight excluding hydrogens is 2150 g/mol. The maximum Gasteiger partial charge on any atom is 2.00 e. The summed E-state index contributed by atoms with van der Waals surface area (Å²) in [5.41, 5.74) is -6.44. The van der Waals surface area contributed by atoms with Crippen LogP contribution in [0.3, 0.4) is 0 Å². The van der Waals surface area contributed by atoms with Crippen LogP contribution in [0.2, 0.25) is 15.2 Å². The first-order valence-corrected chi connectivity index (χ1v) is 52.1. The van der Waals surface area contributed by atoms with Crippen LogP contribution in [-0.4, -0.2) is 200 Å². The maximum absolute atomic E-state index is 15.5. The Bertz CT molecular complexity index is 7060. The van der Waals surface area contributed by atoms with Gasteiger partial charge in [-0.3, -0.25) is 33.1 Å². The summed E-state index contributed by atoms with van der Waals surface area (Å²) in [5, 5.41) is 47.6. The van der Waals surface area contributed by atoms with Crippen molar-refractivity contribution in [3.63, 3.8) is 0 Å². The second-order valence-electron chi connectivity index (χ2n) is 39.5. The van der Waals surface area contributed by atoms with E-state index in [4.69, 9.17) is 78.0 Å². The average Bonchev–Trinajstić information content (AvgIpc) is 1.52. The number of halogens is 18. The molecule has 18 rings (SSSR count). The van der Waals surface area contributed by atoms with Gasteiger partial charge in [-0.2, -0.15) is 64.3 Å². The number of hydrogen-bond donors (Lipinski definition) is 3. The molecule has 4 saturated heterocycles. The number of sulfone groups is 2. The fourth-order valence-electron chi connectivity index (χ4n) is 21.2. The summed E-state index contributed by atoms with van der Waals surface area (Å²) in [6.07, 6.45) is 13.1. The van der Waals surface area contributed by atoms with E-state index in [0.29, 0.717) is 110 Å². The topological polar surface area (TPSA) is 314 Å². The Morgan fingerprint density at radius 1 is 0.510 bits per heavy atom. The van der Waals surface area contributed by atoms with E-state index >= 15 is 17.6 Å². The number of benzene rings is 4. The van der Waals surface area contributed by atoms with Gasteiger partial charge in [0.05, 0.1) is 104 Å². The van der Waals surface area contributed by atoms with Crippen LogP contribution in [0, 0.1) is 84.5 Å². The molecule has 4 aliphatic carbocycles. The molecule has 3 N–H and O–H groups in total. The number of ether oxygens (including phenoxy) is 4. The Kier molecular flexibility index (Phi) is 37.3. The van der Waals surface area contributed by atoms with Gasteiger partial charge in [-0.25, -0.2) is 44.4 Å². The van der Waals surface area contributed by atoms with Gasteiger partial charge in [-0.05, 0) is 171 Å². The minimum absolute atomic E-state index is 0. The van der Waals surface area contributed by atoms with E-state index in [1.807, 2.05) is 41.5 Å². The standard InChI is InChI=1S/C43H39ClF7N5O5S.C34H26Cl2F7N5O3S.2C9H14O2.C7H12O2.C2H.BrH.Mg/c1-21-17-41(58,18-22(2)61-21)10-9-27-5-6-29(30-7-8-33(44)36-34(20-62(4,59)60)53-55(3)38(30)36)37(52-27)24(11-23-12-25(45)15-26(46)13-23)14-28(57)19-56-40-35(39(54-56)43(49,50)51)31-16-32(31)42(40,47)48;1-47-30-21(3-5-24(35)28(30)25(45-47)14-52(2,50)51)20-4-6-26(36)44-29(20)16(7-15-8-17(37)11-18(38)9-15)10-19(49)13-48-32-27(31(46-48)34(41,42)43)22-12-23(22)33(32,39)40;2*1-4-9(10)5-7(2)11-8(3)6-9;1-5-3-7(8)4-6(2)9-5;1-2;;/h5-8,12-13,15,21-22,24,31-32,58H,11,14,16-20H2,1-4H3;3-6,8-9,11,16,22-23H,7,10,12-14H2,1-2H3;2*1,7-8,10H,5-6H2,2-3H3;5-6H,3-4H2,1-2H3;1H;1H;/q;;;;;-1;;+2/p-1/t21?,22?,24-,31+,32-,41?;16-,22+,23-;;;;;;/m11....../s1. The number of pyridine rings is 2. The minimum Gasteiger partial charge on any atom is -1.00 e. The zero-order valence-electron chi connectivity index (χ0n) is 82.8. The molecule has 0 radical (unpaired) electrons. The van der Waals surface area contributed by atoms with E-state index in [1.165, 1.54) is 33.6 Å². The van der Waals surface area contributed by atoms with E-state index in [1.54, 1.807) is 52.2 Å². The Morgan fingerprint density at radius 3 is 1.17 bits per heavy atom. The molecule has 10 aromatic rings. The van der Waals surface area contributed by atoms with Crippen molar-refractivity contribution in [2.75, 3.05) is 12.5 Å². The second kappa shape index (κ2) is 46.5. The van der Waals surface area contributed by atoms with Gasteiger partial charge < -0.3 is 64.1 Å². The largest absolute Gasteiger partial charge is 2.00 e. The van der Waals surface area contributed by atoms with Crippen molar-refractivity contribution in [2.24, 2.45) is 25.9 Å². The van der Waals surface area contributed by atoms with Crippen molar-refractivity contribution in [1.29, 1.82) is 0 Å². The number of nitrogens with zero attached hydrogens (tertiary/aromatic N) is 10. The van der Waals surface area contributed by atoms with Crippen molar-refractivity contribution in [1.82, 2.24) is 49.1 Å². The van der Waals surface area contributed by atoms with E-state index in [0.717, 1.165) is 36.8 Å². The number of rotatable bonds is 20. The Morgan fingerprint density at radius 2 is 0.839 bits per heavy atom. The smallest absolute Gasteiger partial charge is 1.00 e. The van der Waals surface area contributed by atoms with E-state index < -0.39 is 202 Å². The predicted octanol–water partition coefficient (Wildman–Crippen LogP) is 16.2. The van der Waals surface area contributed by atoms with Gasteiger partial charge in [0.2, 0.25) is 0 Å². The number of hydrogen-bond acceptors (Lipinski definition) is 20. The molecule has 10 heterocycles. The van der Waals surface area contributed by atoms with E-state index in [-0.39, 0.29) is 182 Å². The van der Waals surface area contributed by atoms with Gasteiger partial charge in [0, 0.05) is 171 Å². The van der Waals surface area contributed by atoms with Crippen molar-refractivity contribution >= 4 is 117 Å². The van der Waals surface area contributed by atoms with Crippen LogP contribution in [0.25, 0.3) is 44.1 Å². The number of aryl methyl sites for hydroxylation is 2. The number of ketones is 3. The third-order valence-electron chi connectivity index (χ3n) is 26.4. The van der Waals surface area contributed by atoms with Crippen LogP contribution in [0.1, 0.15) is 230 Å². The zero-order valence-corrected chi connectivity index (χ0v) is 89.7.